The van der Waals surface area contributed by atoms with E-state index in [2.05, 4.69) is 9.73 Å². The molecule has 0 saturated carbocycles. The number of carbonyl (C=O) groups is 1. The standard InChI is InChI=1S/C17H18F3NO4/c1-10-6-12(16(25-10)17(18,19)20)9-21-15(22)8-11-4-5-13(23-2)14(7-11)24-3/h4-7H,8-9H2,1-3H3,(H,21,22). The maximum atomic E-state index is 12.9. The van der Waals surface area contributed by atoms with E-state index in [1.165, 1.54) is 27.2 Å². The first-order chi connectivity index (χ1) is 11.7. The summed E-state index contributed by atoms with van der Waals surface area (Å²) in [6.07, 6.45) is -4.60. The molecule has 0 aliphatic heterocycles. The van der Waals surface area contributed by atoms with Crippen molar-refractivity contribution in [3.8, 4) is 11.5 Å². The molecule has 0 radical (unpaired) electrons. The molecule has 0 bridgehead atoms. The van der Waals surface area contributed by atoms with E-state index >= 15 is 0 Å². The minimum atomic E-state index is -4.60. The van der Waals surface area contributed by atoms with Gasteiger partial charge in [0.05, 0.1) is 20.6 Å². The average Bonchev–Trinajstić information content (AvgIpc) is 2.94. The fraction of sp³-hybridized carbons (Fsp3) is 0.353. The van der Waals surface area contributed by atoms with Crippen molar-refractivity contribution in [1.29, 1.82) is 0 Å². The number of aryl methyl sites for hydroxylation is 1. The van der Waals surface area contributed by atoms with Gasteiger partial charge in [-0.25, -0.2) is 0 Å². The van der Waals surface area contributed by atoms with Gasteiger partial charge in [0.25, 0.3) is 0 Å². The Balaban J connectivity index is 2.02. The van der Waals surface area contributed by atoms with Crippen molar-refractivity contribution in [2.24, 2.45) is 0 Å². The Bertz CT molecular complexity index is 753. The van der Waals surface area contributed by atoms with Crippen molar-refractivity contribution in [1.82, 2.24) is 5.32 Å². The Morgan fingerprint density at radius 2 is 1.84 bits per heavy atom. The number of benzene rings is 1. The molecule has 0 aliphatic carbocycles. The number of halogens is 3. The van der Waals surface area contributed by atoms with Gasteiger partial charge in [-0.15, -0.1) is 0 Å². The van der Waals surface area contributed by atoms with Gasteiger partial charge in [-0.1, -0.05) is 6.07 Å². The first-order valence-electron chi connectivity index (χ1n) is 7.38. The van der Waals surface area contributed by atoms with Gasteiger partial charge < -0.3 is 19.2 Å². The molecule has 1 heterocycles. The van der Waals surface area contributed by atoms with Crippen molar-refractivity contribution in [3.63, 3.8) is 0 Å². The summed E-state index contributed by atoms with van der Waals surface area (Å²) in [4.78, 5) is 12.0. The summed E-state index contributed by atoms with van der Waals surface area (Å²) in [5, 5.41) is 2.47. The van der Waals surface area contributed by atoms with E-state index in [-0.39, 0.29) is 24.3 Å². The van der Waals surface area contributed by atoms with Crippen molar-refractivity contribution in [2.45, 2.75) is 26.1 Å². The largest absolute Gasteiger partial charge is 0.493 e. The van der Waals surface area contributed by atoms with Crippen LogP contribution >= 0.6 is 0 Å². The first-order valence-corrected chi connectivity index (χ1v) is 7.38. The molecule has 1 aromatic heterocycles. The van der Waals surface area contributed by atoms with Crippen LogP contribution in [-0.4, -0.2) is 20.1 Å². The summed E-state index contributed by atoms with van der Waals surface area (Å²) in [5.74, 6) is -0.375. The normalized spacial score (nSPS) is 11.3. The van der Waals surface area contributed by atoms with Crippen LogP contribution in [0.3, 0.4) is 0 Å². The fourth-order valence-electron chi connectivity index (χ4n) is 2.37. The molecule has 0 spiro atoms. The fourth-order valence-corrected chi connectivity index (χ4v) is 2.37. The number of alkyl halides is 3. The van der Waals surface area contributed by atoms with Gasteiger partial charge in [-0.05, 0) is 30.7 Å². The number of hydrogen-bond donors (Lipinski definition) is 1. The first kappa shape index (κ1) is 18.7. The van der Waals surface area contributed by atoms with Gasteiger partial charge in [0.1, 0.15) is 5.76 Å². The highest BCUT2D eigenvalue weighted by molar-refractivity contribution is 5.78. The van der Waals surface area contributed by atoms with Crippen LogP contribution in [0.15, 0.2) is 28.7 Å². The minimum Gasteiger partial charge on any atom is -0.493 e. The molecule has 0 aliphatic rings. The SMILES string of the molecule is COc1ccc(CC(=O)NCc2cc(C)oc2C(F)(F)F)cc1OC. The Hall–Kier alpha value is -2.64. The summed E-state index contributed by atoms with van der Waals surface area (Å²) >= 11 is 0. The van der Waals surface area contributed by atoms with E-state index in [1.54, 1.807) is 18.2 Å². The van der Waals surface area contributed by atoms with E-state index in [0.29, 0.717) is 17.1 Å². The third-order valence-electron chi connectivity index (χ3n) is 3.48. The molecule has 1 amide bonds. The Morgan fingerprint density at radius 3 is 2.44 bits per heavy atom. The van der Waals surface area contributed by atoms with Crippen LogP contribution in [0.2, 0.25) is 0 Å². The van der Waals surface area contributed by atoms with Gasteiger partial charge in [-0.3, -0.25) is 4.79 Å². The second kappa shape index (κ2) is 7.50. The lowest BCUT2D eigenvalue weighted by atomic mass is 10.1. The van der Waals surface area contributed by atoms with Crippen molar-refractivity contribution in [3.05, 3.63) is 46.9 Å². The lowest BCUT2D eigenvalue weighted by molar-refractivity contribution is -0.154. The minimum absolute atomic E-state index is 0.00145. The molecule has 0 atom stereocenters. The molecule has 2 aromatic rings. The lowest BCUT2D eigenvalue weighted by Gasteiger charge is -2.10. The van der Waals surface area contributed by atoms with Crippen LogP contribution < -0.4 is 14.8 Å². The number of carbonyl (C=O) groups excluding carboxylic acids is 1. The van der Waals surface area contributed by atoms with Crippen LogP contribution in [0.25, 0.3) is 0 Å². The molecule has 0 fully saturated rings. The Morgan fingerprint density at radius 1 is 1.16 bits per heavy atom. The highest BCUT2D eigenvalue weighted by Gasteiger charge is 2.37. The van der Waals surface area contributed by atoms with Crippen LogP contribution in [0.4, 0.5) is 13.2 Å². The maximum absolute atomic E-state index is 12.9. The number of furan rings is 1. The summed E-state index contributed by atoms with van der Waals surface area (Å²) < 4.78 is 53.5. The zero-order chi connectivity index (χ0) is 18.6. The van der Waals surface area contributed by atoms with Crippen LogP contribution in [0, 0.1) is 6.92 Å². The third-order valence-corrected chi connectivity index (χ3v) is 3.48. The summed E-state index contributed by atoms with van der Waals surface area (Å²) in [6, 6.07) is 6.24. The molecule has 0 saturated heterocycles. The molecule has 1 aromatic carbocycles. The number of hydrogen-bond acceptors (Lipinski definition) is 4. The summed E-state index contributed by atoms with van der Waals surface area (Å²) in [5.41, 5.74) is 0.542. The highest BCUT2D eigenvalue weighted by atomic mass is 19.4. The predicted octanol–water partition coefficient (Wildman–Crippen LogP) is 3.48. The van der Waals surface area contributed by atoms with E-state index in [0.717, 1.165) is 0 Å². The van der Waals surface area contributed by atoms with Crippen LogP contribution in [0.5, 0.6) is 11.5 Å². The second-order valence-corrected chi connectivity index (χ2v) is 5.35. The molecule has 0 unspecified atom stereocenters. The summed E-state index contributed by atoms with van der Waals surface area (Å²) in [7, 11) is 2.97. The number of amides is 1. The van der Waals surface area contributed by atoms with Crippen molar-refractivity contribution in [2.75, 3.05) is 14.2 Å². The zero-order valence-corrected chi connectivity index (χ0v) is 14.0. The van der Waals surface area contributed by atoms with Gasteiger partial charge >= 0.3 is 6.18 Å². The van der Waals surface area contributed by atoms with E-state index in [9.17, 15) is 18.0 Å². The van der Waals surface area contributed by atoms with Crippen molar-refractivity contribution >= 4 is 5.91 Å². The number of nitrogens with one attached hydrogen (secondary N) is 1. The summed E-state index contributed by atoms with van der Waals surface area (Å²) in [6.45, 7) is 1.16. The van der Waals surface area contributed by atoms with Crippen molar-refractivity contribution < 1.29 is 31.9 Å². The van der Waals surface area contributed by atoms with Gasteiger partial charge in [0, 0.05) is 12.1 Å². The molecule has 2 rings (SSSR count). The van der Waals surface area contributed by atoms with Gasteiger partial charge in [-0.2, -0.15) is 13.2 Å². The predicted molar refractivity (Wildman–Crippen MR) is 83.5 cm³/mol. The van der Waals surface area contributed by atoms with Gasteiger partial charge in [0.15, 0.2) is 11.5 Å². The Labute approximate surface area is 142 Å². The van der Waals surface area contributed by atoms with E-state index in [1.807, 2.05) is 0 Å². The number of methoxy groups -OCH3 is 2. The smallest absolute Gasteiger partial charge is 0.449 e. The average molecular weight is 357 g/mol. The molecule has 5 nitrogen and oxygen atoms in total. The molecule has 136 valence electrons. The zero-order valence-electron chi connectivity index (χ0n) is 14.0. The van der Waals surface area contributed by atoms with E-state index < -0.39 is 17.8 Å². The van der Waals surface area contributed by atoms with Gasteiger partial charge in [0.2, 0.25) is 11.7 Å². The maximum Gasteiger partial charge on any atom is 0.449 e. The van der Waals surface area contributed by atoms with Crippen LogP contribution in [0.1, 0.15) is 22.6 Å². The molecule has 25 heavy (non-hydrogen) atoms. The second-order valence-electron chi connectivity index (χ2n) is 5.35. The molecular formula is C17H18F3NO4. The quantitative estimate of drug-likeness (QED) is 0.860. The topological polar surface area (TPSA) is 60.7 Å². The Kier molecular flexibility index (Phi) is 5.61. The third kappa shape index (κ3) is 4.68. The lowest BCUT2D eigenvalue weighted by Crippen LogP contribution is -2.25. The highest BCUT2D eigenvalue weighted by Crippen LogP contribution is 2.34. The molecule has 8 heteroatoms. The number of rotatable bonds is 6. The molecular weight excluding hydrogens is 339 g/mol. The number of ether oxygens (including phenoxy) is 2. The van der Waals surface area contributed by atoms with Crippen LogP contribution in [-0.2, 0) is 23.9 Å². The molecule has 1 N–H and O–H groups in total. The van der Waals surface area contributed by atoms with E-state index in [4.69, 9.17) is 9.47 Å². The monoisotopic (exact) mass is 357 g/mol.